The van der Waals surface area contributed by atoms with Gasteiger partial charge in [0.15, 0.2) is 0 Å². The Bertz CT molecular complexity index is 624. The highest BCUT2D eigenvalue weighted by Gasteiger charge is 2.07. The van der Waals surface area contributed by atoms with Crippen LogP contribution >= 0.6 is 0 Å². The third kappa shape index (κ3) is 3.04. The Balaban J connectivity index is 2.17. The number of nitrogens with zero attached hydrogens (tertiary/aromatic N) is 2. The number of rotatable bonds is 2. The molecule has 3 heteroatoms. The van der Waals surface area contributed by atoms with Crippen LogP contribution in [0, 0.1) is 32.6 Å². The molecule has 0 aliphatic carbocycles. The van der Waals surface area contributed by atoms with Crippen LogP contribution in [0.15, 0.2) is 24.3 Å². The van der Waals surface area contributed by atoms with Crippen molar-refractivity contribution >= 4 is 0 Å². The number of aromatic nitrogens is 2. The summed E-state index contributed by atoms with van der Waals surface area (Å²) in [6.45, 7) is 7.46. The number of aryl methyl sites for hydroxylation is 1. The lowest BCUT2D eigenvalue weighted by atomic mass is 10.1. The fraction of sp³-hybridized carbons (Fsp3) is 0.312. The van der Waals surface area contributed by atoms with Gasteiger partial charge in [0.05, 0.1) is 18.8 Å². The second-order valence-electron chi connectivity index (χ2n) is 4.66. The molecule has 0 atom stereocenters. The summed E-state index contributed by atoms with van der Waals surface area (Å²) in [6, 6.07) is 8.23. The molecule has 0 amide bonds. The fourth-order valence-corrected chi connectivity index (χ4v) is 1.96. The molecular formula is C16H19N3. The van der Waals surface area contributed by atoms with Crippen molar-refractivity contribution in [3.8, 4) is 11.8 Å². The predicted octanol–water partition coefficient (Wildman–Crippen LogP) is 2.17. The van der Waals surface area contributed by atoms with E-state index in [0.29, 0.717) is 6.54 Å². The van der Waals surface area contributed by atoms with Crippen molar-refractivity contribution in [2.24, 2.45) is 5.73 Å². The smallest absolute Gasteiger partial charge is 0.0662 e. The van der Waals surface area contributed by atoms with Crippen LogP contribution in [0.3, 0.4) is 0 Å². The first-order chi connectivity index (χ1) is 9.11. The van der Waals surface area contributed by atoms with Gasteiger partial charge in [-0.3, -0.25) is 4.68 Å². The maximum atomic E-state index is 5.36. The van der Waals surface area contributed by atoms with E-state index in [1.165, 1.54) is 16.8 Å². The molecule has 0 radical (unpaired) electrons. The monoisotopic (exact) mass is 253 g/mol. The molecule has 0 aliphatic heterocycles. The van der Waals surface area contributed by atoms with Crippen LogP contribution in [0.5, 0.6) is 0 Å². The molecule has 0 saturated heterocycles. The van der Waals surface area contributed by atoms with E-state index in [2.05, 4.69) is 42.9 Å². The van der Waals surface area contributed by atoms with Gasteiger partial charge in [-0.2, -0.15) is 5.10 Å². The molecule has 0 spiro atoms. The molecule has 1 aromatic heterocycles. The minimum Gasteiger partial charge on any atom is -0.320 e. The molecule has 2 rings (SSSR count). The lowest BCUT2D eigenvalue weighted by Crippen LogP contribution is -2.04. The average Bonchev–Trinajstić information content (AvgIpc) is 2.66. The van der Waals surface area contributed by atoms with E-state index in [0.717, 1.165) is 17.8 Å². The highest BCUT2D eigenvalue weighted by molar-refractivity contribution is 5.36. The Morgan fingerprint density at radius 1 is 1.16 bits per heavy atom. The third-order valence-corrected chi connectivity index (χ3v) is 3.36. The van der Waals surface area contributed by atoms with E-state index in [4.69, 9.17) is 5.73 Å². The van der Waals surface area contributed by atoms with Gasteiger partial charge >= 0.3 is 0 Å². The summed E-state index contributed by atoms with van der Waals surface area (Å²) in [4.78, 5) is 0. The molecule has 0 fully saturated rings. The standard InChI is InChI=1S/C16H19N3/c1-12-13(2)18-19(14(12)3)11-16-8-6-15(7-9-16)5-4-10-17/h6-9H,10-11,17H2,1-3H3. The van der Waals surface area contributed by atoms with Crippen molar-refractivity contribution < 1.29 is 0 Å². The molecule has 0 aliphatic rings. The van der Waals surface area contributed by atoms with E-state index in [1.54, 1.807) is 0 Å². The summed E-state index contributed by atoms with van der Waals surface area (Å²) in [5, 5.41) is 4.55. The minimum absolute atomic E-state index is 0.396. The molecule has 19 heavy (non-hydrogen) atoms. The topological polar surface area (TPSA) is 43.8 Å². The van der Waals surface area contributed by atoms with Crippen LogP contribution in [-0.2, 0) is 6.54 Å². The van der Waals surface area contributed by atoms with E-state index in [1.807, 2.05) is 23.7 Å². The van der Waals surface area contributed by atoms with Gasteiger partial charge < -0.3 is 5.73 Å². The first-order valence-electron chi connectivity index (χ1n) is 6.40. The maximum Gasteiger partial charge on any atom is 0.0662 e. The average molecular weight is 253 g/mol. The normalized spacial score (nSPS) is 10.1. The minimum atomic E-state index is 0.396. The van der Waals surface area contributed by atoms with Crippen molar-refractivity contribution in [2.75, 3.05) is 6.54 Å². The molecule has 0 bridgehead atoms. The summed E-state index contributed by atoms with van der Waals surface area (Å²) >= 11 is 0. The Morgan fingerprint density at radius 2 is 1.84 bits per heavy atom. The molecule has 1 heterocycles. The molecule has 3 nitrogen and oxygen atoms in total. The Morgan fingerprint density at radius 3 is 2.37 bits per heavy atom. The highest BCUT2D eigenvalue weighted by atomic mass is 15.3. The van der Waals surface area contributed by atoms with Gasteiger partial charge in [-0.15, -0.1) is 0 Å². The Hall–Kier alpha value is -2.05. The van der Waals surface area contributed by atoms with Crippen LogP contribution in [0.4, 0.5) is 0 Å². The Kier molecular flexibility index (Phi) is 4.03. The van der Waals surface area contributed by atoms with Gasteiger partial charge in [0, 0.05) is 11.3 Å². The third-order valence-electron chi connectivity index (χ3n) is 3.36. The summed E-state index contributed by atoms with van der Waals surface area (Å²) < 4.78 is 2.05. The van der Waals surface area contributed by atoms with Gasteiger partial charge in [-0.1, -0.05) is 24.0 Å². The summed E-state index contributed by atoms with van der Waals surface area (Å²) in [5.74, 6) is 5.88. The molecule has 1 aromatic carbocycles. The predicted molar refractivity (Wildman–Crippen MR) is 77.9 cm³/mol. The molecule has 0 unspecified atom stereocenters. The van der Waals surface area contributed by atoms with Gasteiger partial charge in [0.2, 0.25) is 0 Å². The van der Waals surface area contributed by atoms with Crippen molar-refractivity contribution in [3.05, 3.63) is 52.3 Å². The second-order valence-corrected chi connectivity index (χ2v) is 4.66. The largest absolute Gasteiger partial charge is 0.320 e. The number of hydrogen-bond acceptors (Lipinski definition) is 2. The van der Waals surface area contributed by atoms with Crippen LogP contribution in [-0.4, -0.2) is 16.3 Å². The van der Waals surface area contributed by atoms with E-state index >= 15 is 0 Å². The van der Waals surface area contributed by atoms with Crippen LogP contribution in [0.2, 0.25) is 0 Å². The van der Waals surface area contributed by atoms with Crippen molar-refractivity contribution in [1.29, 1.82) is 0 Å². The van der Waals surface area contributed by atoms with E-state index < -0.39 is 0 Å². The lowest BCUT2D eigenvalue weighted by Gasteiger charge is -2.05. The Labute approximate surface area is 114 Å². The van der Waals surface area contributed by atoms with Gasteiger partial charge in [-0.05, 0) is 44.0 Å². The summed E-state index contributed by atoms with van der Waals surface area (Å²) in [7, 11) is 0. The van der Waals surface area contributed by atoms with Crippen molar-refractivity contribution in [1.82, 2.24) is 9.78 Å². The number of hydrogen-bond donors (Lipinski definition) is 1. The lowest BCUT2D eigenvalue weighted by molar-refractivity contribution is 0.658. The van der Waals surface area contributed by atoms with Crippen molar-refractivity contribution in [3.63, 3.8) is 0 Å². The molecule has 0 saturated carbocycles. The van der Waals surface area contributed by atoms with Gasteiger partial charge in [0.1, 0.15) is 0 Å². The highest BCUT2D eigenvalue weighted by Crippen LogP contribution is 2.13. The zero-order valence-electron chi connectivity index (χ0n) is 11.7. The number of benzene rings is 1. The molecule has 98 valence electrons. The van der Waals surface area contributed by atoms with E-state index in [9.17, 15) is 0 Å². The fourth-order valence-electron chi connectivity index (χ4n) is 1.96. The zero-order valence-corrected chi connectivity index (χ0v) is 11.7. The molecule has 2 N–H and O–H groups in total. The van der Waals surface area contributed by atoms with E-state index in [-0.39, 0.29) is 0 Å². The maximum absolute atomic E-state index is 5.36. The first kappa shape index (κ1) is 13.4. The molecular weight excluding hydrogens is 234 g/mol. The quantitative estimate of drug-likeness (QED) is 0.834. The van der Waals surface area contributed by atoms with Crippen LogP contribution < -0.4 is 5.73 Å². The zero-order chi connectivity index (χ0) is 13.8. The summed E-state index contributed by atoms with van der Waals surface area (Å²) in [5.41, 5.74) is 11.2. The van der Waals surface area contributed by atoms with Crippen LogP contribution in [0.1, 0.15) is 28.1 Å². The van der Waals surface area contributed by atoms with Crippen molar-refractivity contribution in [2.45, 2.75) is 27.3 Å². The second kappa shape index (κ2) is 5.73. The summed E-state index contributed by atoms with van der Waals surface area (Å²) in [6.07, 6.45) is 0. The van der Waals surface area contributed by atoms with Gasteiger partial charge in [-0.25, -0.2) is 0 Å². The SMILES string of the molecule is Cc1nn(Cc2ccc(C#CCN)cc2)c(C)c1C. The van der Waals surface area contributed by atoms with Gasteiger partial charge in [0.25, 0.3) is 0 Å². The van der Waals surface area contributed by atoms with Crippen LogP contribution in [0.25, 0.3) is 0 Å². The number of nitrogens with two attached hydrogens (primary N) is 1. The first-order valence-corrected chi connectivity index (χ1v) is 6.40. The molecule has 2 aromatic rings.